The standard InChI is InChI=1S/C17H16O/c1-11-8-12(2)17-14(9-11)5-4-13-10-15(18-3)6-7-16(13)17/h4-10H,1-3H3. The van der Waals surface area contributed by atoms with Gasteiger partial charge in [-0.1, -0.05) is 35.9 Å². The SMILES string of the molecule is COc1ccc2c(ccc3cc(C)cc(C)c32)c1. The van der Waals surface area contributed by atoms with E-state index in [9.17, 15) is 0 Å². The first-order valence-electron chi connectivity index (χ1n) is 6.17. The summed E-state index contributed by atoms with van der Waals surface area (Å²) in [6.07, 6.45) is 0. The van der Waals surface area contributed by atoms with Gasteiger partial charge in [0.2, 0.25) is 0 Å². The van der Waals surface area contributed by atoms with E-state index < -0.39 is 0 Å². The second-order valence-electron chi connectivity index (χ2n) is 4.83. The van der Waals surface area contributed by atoms with E-state index in [0.29, 0.717) is 0 Å². The first-order valence-corrected chi connectivity index (χ1v) is 6.17. The Kier molecular flexibility index (Phi) is 2.48. The molecule has 3 aromatic rings. The van der Waals surface area contributed by atoms with Gasteiger partial charge in [0.15, 0.2) is 0 Å². The zero-order valence-corrected chi connectivity index (χ0v) is 10.9. The molecule has 0 saturated heterocycles. The summed E-state index contributed by atoms with van der Waals surface area (Å²) in [5, 5.41) is 5.19. The van der Waals surface area contributed by atoms with Crippen molar-refractivity contribution in [1.82, 2.24) is 0 Å². The number of hydrogen-bond donors (Lipinski definition) is 0. The van der Waals surface area contributed by atoms with Gasteiger partial charge in [0.1, 0.15) is 5.75 Å². The molecule has 0 saturated carbocycles. The van der Waals surface area contributed by atoms with Crippen molar-refractivity contribution in [3.8, 4) is 5.75 Å². The van der Waals surface area contributed by atoms with Crippen molar-refractivity contribution >= 4 is 21.5 Å². The Balaban J connectivity index is 2.46. The number of rotatable bonds is 1. The summed E-state index contributed by atoms with van der Waals surface area (Å²) < 4.78 is 5.28. The Bertz CT molecular complexity index is 741. The van der Waals surface area contributed by atoms with Crippen molar-refractivity contribution in [2.45, 2.75) is 13.8 Å². The van der Waals surface area contributed by atoms with Gasteiger partial charge in [0.25, 0.3) is 0 Å². The fourth-order valence-electron chi connectivity index (χ4n) is 2.71. The van der Waals surface area contributed by atoms with Crippen molar-refractivity contribution < 1.29 is 4.74 Å². The molecular formula is C17H16O. The Labute approximate surface area is 107 Å². The van der Waals surface area contributed by atoms with Gasteiger partial charge < -0.3 is 4.74 Å². The van der Waals surface area contributed by atoms with Crippen LogP contribution in [0.3, 0.4) is 0 Å². The van der Waals surface area contributed by atoms with Crippen molar-refractivity contribution in [2.24, 2.45) is 0 Å². The molecule has 0 aliphatic heterocycles. The summed E-state index contributed by atoms with van der Waals surface area (Å²) >= 11 is 0. The van der Waals surface area contributed by atoms with Crippen LogP contribution < -0.4 is 4.74 Å². The number of methoxy groups -OCH3 is 1. The van der Waals surface area contributed by atoms with Crippen LogP contribution in [0.15, 0.2) is 42.5 Å². The van der Waals surface area contributed by atoms with Gasteiger partial charge in [-0.25, -0.2) is 0 Å². The molecule has 0 aliphatic carbocycles. The molecule has 0 N–H and O–H groups in total. The minimum absolute atomic E-state index is 0.909. The van der Waals surface area contributed by atoms with Gasteiger partial charge in [-0.05, 0) is 53.1 Å². The maximum absolute atomic E-state index is 5.28. The highest BCUT2D eigenvalue weighted by Crippen LogP contribution is 2.31. The summed E-state index contributed by atoms with van der Waals surface area (Å²) in [5.74, 6) is 0.909. The average Bonchev–Trinajstić information content (AvgIpc) is 2.37. The Morgan fingerprint density at radius 1 is 0.833 bits per heavy atom. The topological polar surface area (TPSA) is 9.23 Å². The minimum atomic E-state index is 0.909. The van der Waals surface area contributed by atoms with Crippen molar-refractivity contribution in [3.63, 3.8) is 0 Å². The van der Waals surface area contributed by atoms with Crippen LogP contribution in [0, 0.1) is 13.8 Å². The molecular weight excluding hydrogens is 220 g/mol. The molecule has 18 heavy (non-hydrogen) atoms. The monoisotopic (exact) mass is 236 g/mol. The third kappa shape index (κ3) is 1.63. The molecule has 0 bridgehead atoms. The molecule has 0 amide bonds. The van der Waals surface area contributed by atoms with Crippen LogP contribution in [0.4, 0.5) is 0 Å². The van der Waals surface area contributed by atoms with Crippen LogP contribution in [-0.2, 0) is 0 Å². The Hall–Kier alpha value is -2.02. The van der Waals surface area contributed by atoms with Crippen molar-refractivity contribution in [2.75, 3.05) is 7.11 Å². The van der Waals surface area contributed by atoms with Crippen LogP contribution in [0.2, 0.25) is 0 Å². The highest BCUT2D eigenvalue weighted by atomic mass is 16.5. The van der Waals surface area contributed by atoms with Gasteiger partial charge in [-0.15, -0.1) is 0 Å². The van der Waals surface area contributed by atoms with Gasteiger partial charge in [0, 0.05) is 0 Å². The smallest absolute Gasteiger partial charge is 0.119 e. The molecule has 3 rings (SSSR count). The van der Waals surface area contributed by atoms with Crippen LogP contribution in [0.5, 0.6) is 5.75 Å². The largest absolute Gasteiger partial charge is 0.497 e. The Morgan fingerprint density at radius 2 is 1.61 bits per heavy atom. The molecule has 0 atom stereocenters. The number of aryl methyl sites for hydroxylation is 2. The molecule has 0 radical (unpaired) electrons. The fourth-order valence-corrected chi connectivity index (χ4v) is 2.71. The third-order valence-corrected chi connectivity index (χ3v) is 3.48. The predicted octanol–water partition coefficient (Wildman–Crippen LogP) is 4.62. The lowest BCUT2D eigenvalue weighted by Gasteiger charge is -2.09. The van der Waals surface area contributed by atoms with Crippen LogP contribution in [0.1, 0.15) is 11.1 Å². The first kappa shape index (κ1) is 11.1. The van der Waals surface area contributed by atoms with E-state index in [1.165, 1.54) is 32.7 Å². The summed E-state index contributed by atoms with van der Waals surface area (Å²) in [5.41, 5.74) is 2.65. The van der Waals surface area contributed by atoms with Gasteiger partial charge in [0.05, 0.1) is 7.11 Å². The fraction of sp³-hybridized carbons (Fsp3) is 0.176. The van der Waals surface area contributed by atoms with E-state index >= 15 is 0 Å². The minimum Gasteiger partial charge on any atom is -0.497 e. The van der Waals surface area contributed by atoms with Crippen molar-refractivity contribution in [3.05, 3.63) is 53.6 Å². The van der Waals surface area contributed by atoms with Gasteiger partial charge >= 0.3 is 0 Å². The zero-order chi connectivity index (χ0) is 12.7. The van der Waals surface area contributed by atoms with E-state index in [4.69, 9.17) is 4.74 Å². The highest BCUT2D eigenvalue weighted by molar-refractivity contribution is 6.09. The zero-order valence-electron chi connectivity index (χ0n) is 10.9. The molecule has 0 aliphatic rings. The number of fused-ring (bicyclic) bond motifs is 3. The summed E-state index contributed by atoms with van der Waals surface area (Å²) in [6, 6.07) is 15.1. The van der Waals surface area contributed by atoms with Crippen LogP contribution in [0.25, 0.3) is 21.5 Å². The maximum Gasteiger partial charge on any atom is 0.119 e. The molecule has 0 fully saturated rings. The van der Waals surface area contributed by atoms with E-state index in [-0.39, 0.29) is 0 Å². The average molecular weight is 236 g/mol. The van der Waals surface area contributed by atoms with Crippen LogP contribution >= 0.6 is 0 Å². The molecule has 0 unspecified atom stereocenters. The normalized spacial score (nSPS) is 11.1. The number of hydrogen-bond acceptors (Lipinski definition) is 1. The second-order valence-corrected chi connectivity index (χ2v) is 4.83. The molecule has 1 nitrogen and oxygen atoms in total. The summed E-state index contributed by atoms with van der Waals surface area (Å²) in [7, 11) is 1.71. The van der Waals surface area contributed by atoms with Gasteiger partial charge in [-0.3, -0.25) is 0 Å². The number of ether oxygens (including phenoxy) is 1. The van der Waals surface area contributed by atoms with Gasteiger partial charge in [-0.2, -0.15) is 0 Å². The summed E-state index contributed by atoms with van der Waals surface area (Å²) in [4.78, 5) is 0. The van der Waals surface area contributed by atoms with E-state index in [2.05, 4.69) is 50.2 Å². The quantitative estimate of drug-likeness (QED) is 0.560. The molecule has 0 heterocycles. The third-order valence-electron chi connectivity index (χ3n) is 3.48. The maximum atomic E-state index is 5.28. The second kappa shape index (κ2) is 4.02. The molecule has 0 spiro atoms. The lowest BCUT2D eigenvalue weighted by atomic mass is 9.96. The number of benzene rings is 3. The van der Waals surface area contributed by atoms with E-state index in [1.54, 1.807) is 7.11 Å². The van der Waals surface area contributed by atoms with E-state index in [0.717, 1.165) is 5.75 Å². The molecule has 1 heteroatoms. The molecule has 0 aromatic heterocycles. The Morgan fingerprint density at radius 3 is 2.39 bits per heavy atom. The first-order chi connectivity index (χ1) is 8.69. The molecule has 3 aromatic carbocycles. The van der Waals surface area contributed by atoms with Crippen LogP contribution in [-0.4, -0.2) is 7.11 Å². The lowest BCUT2D eigenvalue weighted by Crippen LogP contribution is -1.86. The highest BCUT2D eigenvalue weighted by Gasteiger charge is 2.05. The van der Waals surface area contributed by atoms with E-state index in [1.807, 2.05) is 6.07 Å². The lowest BCUT2D eigenvalue weighted by molar-refractivity contribution is 0.415. The molecule has 90 valence electrons. The van der Waals surface area contributed by atoms with Crippen molar-refractivity contribution in [1.29, 1.82) is 0 Å². The summed E-state index contributed by atoms with van der Waals surface area (Å²) in [6.45, 7) is 4.32. The predicted molar refractivity (Wildman–Crippen MR) is 77.5 cm³/mol.